The van der Waals surface area contributed by atoms with E-state index in [1.807, 2.05) is 0 Å². The highest BCUT2D eigenvalue weighted by atomic mass is 16.4. The summed E-state index contributed by atoms with van der Waals surface area (Å²) in [6.45, 7) is 7.36. The van der Waals surface area contributed by atoms with E-state index >= 15 is 0 Å². The van der Waals surface area contributed by atoms with Gasteiger partial charge in [-0.1, -0.05) is 6.92 Å². The second kappa shape index (κ2) is 5.82. The van der Waals surface area contributed by atoms with Gasteiger partial charge in [0.05, 0.1) is 5.56 Å². The van der Waals surface area contributed by atoms with E-state index in [2.05, 4.69) is 21.7 Å². The largest absolute Gasteiger partial charge is 0.478 e. The summed E-state index contributed by atoms with van der Waals surface area (Å²) in [5.41, 5.74) is 0.239. The molecule has 0 atom stereocenters. The summed E-state index contributed by atoms with van der Waals surface area (Å²) >= 11 is 0. The molecule has 0 bridgehead atoms. The molecule has 1 aliphatic heterocycles. The number of piperazine rings is 1. The number of aromatic carboxylic acids is 1. The minimum absolute atomic E-state index is 0.239. The van der Waals surface area contributed by atoms with E-state index in [1.54, 1.807) is 12.1 Å². The van der Waals surface area contributed by atoms with Gasteiger partial charge in [-0.25, -0.2) is 9.78 Å². The van der Waals surface area contributed by atoms with E-state index in [4.69, 9.17) is 5.11 Å². The van der Waals surface area contributed by atoms with Crippen molar-refractivity contribution in [2.24, 2.45) is 0 Å². The summed E-state index contributed by atoms with van der Waals surface area (Å²) in [5, 5.41) is 8.82. The first-order chi connectivity index (χ1) is 8.70. The van der Waals surface area contributed by atoms with Crippen molar-refractivity contribution in [3.8, 4) is 0 Å². The van der Waals surface area contributed by atoms with Gasteiger partial charge in [0.1, 0.15) is 5.82 Å². The SMILES string of the molecule is CCCN1CCN(c2ccc(C(=O)O)cn2)CC1. The molecule has 5 heteroatoms. The number of carboxylic acid groups (broad SMARTS) is 1. The third-order valence-electron chi connectivity index (χ3n) is 3.23. The molecule has 1 aromatic rings. The highest BCUT2D eigenvalue weighted by Crippen LogP contribution is 2.14. The normalized spacial score (nSPS) is 16.8. The van der Waals surface area contributed by atoms with E-state index in [0.29, 0.717) is 0 Å². The molecule has 1 saturated heterocycles. The molecule has 2 heterocycles. The van der Waals surface area contributed by atoms with Crippen molar-refractivity contribution in [2.75, 3.05) is 37.6 Å². The van der Waals surface area contributed by atoms with Crippen LogP contribution in [-0.4, -0.2) is 53.7 Å². The van der Waals surface area contributed by atoms with Crippen LogP contribution in [0.5, 0.6) is 0 Å². The molecule has 1 fully saturated rings. The second-order valence-electron chi connectivity index (χ2n) is 4.54. The summed E-state index contributed by atoms with van der Waals surface area (Å²) in [6.07, 6.45) is 2.61. The molecule has 2 rings (SSSR count). The molecular weight excluding hydrogens is 230 g/mol. The third kappa shape index (κ3) is 2.98. The predicted octanol–water partition coefficient (Wildman–Crippen LogP) is 1.31. The Kier molecular flexibility index (Phi) is 4.15. The van der Waals surface area contributed by atoms with Crippen molar-refractivity contribution in [3.63, 3.8) is 0 Å². The van der Waals surface area contributed by atoms with Crippen molar-refractivity contribution >= 4 is 11.8 Å². The standard InChI is InChI=1S/C13H19N3O2/c1-2-5-15-6-8-16(9-7-15)12-4-3-11(10-14-12)13(17)18/h3-4,10H,2,5-9H2,1H3,(H,17,18). The van der Waals surface area contributed by atoms with Gasteiger partial charge in [0.25, 0.3) is 0 Å². The third-order valence-corrected chi connectivity index (χ3v) is 3.23. The van der Waals surface area contributed by atoms with Crippen LogP contribution in [0.25, 0.3) is 0 Å². The van der Waals surface area contributed by atoms with Gasteiger partial charge in [-0.3, -0.25) is 4.90 Å². The van der Waals surface area contributed by atoms with Crippen LogP contribution >= 0.6 is 0 Å². The Balaban J connectivity index is 1.95. The van der Waals surface area contributed by atoms with Crippen LogP contribution in [0.4, 0.5) is 5.82 Å². The summed E-state index contributed by atoms with van der Waals surface area (Å²) < 4.78 is 0. The number of rotatable bonds is 4. The molecule has 0 unspecified atom stereocenters. The summed E-state index contributed by atoms with van der Waals surface area (Å²) in [5.74, 6) is -0.0574. The Bertz CT molecular complexity index is 397. The Morgan fingerprint density at radius 2 is 2.06 bits per heavy atom. The van der Waals surface area contributed by atoms with Gasteiger partial charge >= 0.3 is 5.97 Å². The van der Waals surface area contributed by atoms with Crippen LogP contribution in [0.1, 0.15) is 23.7 Å². The molecule has 5 nitrogen and oxygen atoms in total. The van der Waals surface area contributed by atoms with Gasteiger partial charge in [-0.15, -0.1) is 0 Å². The van der Waals surface area contributed by atoms with Crippen LogP contribution in [0.3, 0.4) is 0 Å². The fourth-order valence-corrected chi connectivity index (χ4v) is 2.22. The molecule has 0 amide bonds. The number of aromatic nitrogens is 1. The molecule has 0 radical (unpaired) electrons. The Labute approximate surface area is 107 Å². The van der Waals surface area contributed by atoms with Gasteiger partial charge in [0.2, 0.25) is 0 Å². The highest BCUT2D eigenvalue weighted by Gasteiger charge is 2.17. The van der Waals surface area contributed by atoms with Crippen molar-refractivity contribution < 1.29 is 9.90 Å². The van der Waals surface area contributed by atoms with Crippen molar-refractivity contribution in [1.29, 1.82) is 0 Å². The number of pyridine rings is 1. The van der Waals surface area contributed by atoms with E-state index in [1.165, 1.54) is 12.6 Å². The maximum Gasteiger partial charge on any atom is 0.337 e. The summed E-state index contributed by atoms with van der Waals surface area (Å²) in [6, 6.07) is 3.40. The molecule has 1 aromatic heterocycles. The number of anilines is 1. The topological polar surface area (TPSA) is 56.7 Å². The molecule has 1 aliphatic rings. The average Bonchev–Trinajstić information content (AvgIpc) is 2.40. The lowest BCUT2D eigenvalue weighted by molar-refractivity contribution is 0.0696. The molecule has 0 aromatic carbocycles. The summed E-state index contributed by atoms with van der Waals surface area (Å²) in [7, 11) is 0. The zero-order valence-corrected chi connectivity index (χ0v) is 10.7. The van der Waals surface area contributed by atoms with Gasteiger partial charge in [-0.2, -0.15) is 0 Å². The average molecular weight is 249 g/mol. The van der Waals surface area contributed by atoms with Crippen LogP contribution in [0, 0.1) is 0 Å². The van der Waals surface area contributed by atoms with E-state index in [-0.39, 0.29) is 5.56 Å². The first-order valence-electron chi connectivity index (χ1n) is 6.37. The molecule has 98 valence electrons. The van der Waals surface area contributed by atoms with Crippen molar-refractivity contribution in [2.45, 2.75) is 13.3 Å². The van der Waals surface area contributed by atoms with E-state index in [9.17, 15) is 4.79 Å². The number of nitrogens with zero attached hydrogens (tertiary/aromatic N) is 3. The minimum Gasteiger partial charge on any atom is -0.478 e. The zero-order valence-electron chi connectivity index (χ0n) is 10.7. The molecule has 0 saturated carbocycles. The van der Waals surface area contributed by atoms with E-state index < -0.39 is 5.97 Å². The predicted molar refractivity (Wildman–Crippen MR) is 70.1 cm³/mol. The lowest BCUT2D eigenvalue weighted by atomic mass is 10.2. The zero-order chi connectivity index (χ0) is 13.0. The Morgan fingerprint density at radius 3 is 2.56 bits per heavy atom. The minimum atomic E-state index is -0.929. The van der Waals surface area contributed by atoms with Gasteiger partial charge < -0.3 is 10.0 Å². The molecule has 0 aliphatic carbocycles. The fourth-order valence-electron chi connectivity index (χ4n) is 2.22. The van der Waals surface area contributed by atoms with Crippen LogP contribution in [-0.2, 0) is 0 Å². The molecular formula is C13H19N3O2. The highest BCUT2D eigenvalue weighted by molar-refractivity contribution is 5.87. The maximum atomic E-state index is 10.7. The van der Waals surface area contributed by atoms with Gasteiger partial charge in [0.15, 0.2) is 0 Å². The number of carboxylic acids is 1. The van der Waals surface area contributed by atoms with E-state index in [0.717, 1.165) is 38.5 Å². The van der Waals surface area contributed by atoms with Crippen LogP contribution in [0.15, 0.2) is 18.3 Å². The lowest BCUT2D eigenvalue weighted by Crippen LogP contribution is -2.46. The molecule has 18 heavy (non-hydrogen) atoms. The van der Waals surface area contributed by atoms with Crippen molar-refractivity contribution in [1.82, 2.24) is 9.88 Å². The Hall–Kier alpha value is -1.62. The summed E-state index contributed by atoms with van der Waals surface area (Å²) in [4.78, 5) is 19.6. The molecule has 0 spiro atoms. The van der Waals surface area contributed by atoms with Gasteiger partial charge in [-0.05, 0) is 25.1 Å². The number of carbonyl (C=O) groups is 1. The first kappa shape index (κ1) is 12.8. The maximum absolute atomic E-state index is 10.7. The van der Waals surface area contributed by atoms with Crippen LogP contribution < -0.4 is 4.90 Å². The first-order valence-corrected chi connectivity index (χ1v) is 6.37. The smallest absolute Gasteiger partial charge is 0.337 e. The lowest BCUT2D eigenvalue weighted by Gasteiger charge is -2.35. The Morgan fingerprint density at radius 1 is 1.33 bits per heavy atom. The quantitative estimate of drug-likeness (QED) is 0.872. The number of hydrogen-bond acceptors (Lipinski definition) is 4. The monoisotopic (exact) mass is 249 g/mol. The van der Waals surface area contributed by atoms with Gasteiger partial charge in [0, 0.05) is 32.4 Å². The second-order valence-corrected chi connectivity index (χ2v) is 4.54. The molecule has 1 N–H and O–H groups in total. The van der Waals surface area contributed by atoms with Crippen molar-refractivity contribution in [3.05, 3.63) is 23.9 Å². The van der Waals surface area contributed by atoms with Crippen LogP contribution in [0.2, 0.25) is 0 Å². The number of hydrogen-bond donors (Lipinski definition) is 1. The fraction of sp³-hybridized carbons (Fsp3) is 0.538.